The third kappa shape index (κ3) is 2.45. The van der Waals surface area contributed by atoms with E-state index in [-0.39, 0.29) is 0 Å². The van der Waals surface area contributed by atoms with E-state index < -0.39 is 0 Å². The molecule has 2 aromatic rings. The molecular formula is C15H18N2O. The van der Waals surface area contributed by atoms with Gasteiger partial charge in [0.05, 0.1) is 0 Å². The lowest BCUT2D eigenvalue weighted by Crippen LogP contribution is -2.21. The Morgan fingerprint density at radius 3 is 2.28 bits per heavy atom. The van der Waals surface area contributed by atoms with E-state index in [0.717, 1.165) is 29.9 Å². The first-order chi connectivity index (χ1) is 8.76. The SMILES string of the molecule is CCN(CC)c1ccc(-c2ccncc2)c(O)c1. The van der Waals surface area contributed by atoms with Gasteiger partial charge in [-0.3, -0.25) is 4.98 Å². The van der Waals surface area contributed by atoms with Crippen molar-refractivity contribution in [1.29, 1.82) is 0 Å². The van der Waals surface area contributed by atoms with Gasteiger partial charge in [-0.1, -0.05) is 0 Å². The average molecular weight is 242 g/mol. The minimum Gasteiger partial charge on any atom is -0.507 e. The van der Waals surface area contributed by atoms with Crippen molar-refractivity contribution < 1.29 is 5.11 Å². The summed E-state index contributed by atoms with van der Waals surface area (Å²) in [5.41, 5.74) is 2.87. The molecule has 1 heterocycles. The zero-order valence-corrected chi connectivity index (χ0v) is 10.8. The van der Waals surface area contributed by atoms with Gasteiger partial charge in [0.15, 0.2) is 0 Å². The van der Waals surface area contributed by atoms with Crippen molar-refractivity contribution in [2.24, 2.45) is 0 Å². The number of hydrogen-bond donors (Lipinski definition) is 1. The predicted octanol–water partition coefficient (Wildman–Crippen LogP) is 3.30. The molecule has 1 N–H and O–H groups in total. The van der Waals surface area contributed by atoms with E-state index in [1.165, 1.54) is 0 Å². The zero-order valence-electron chi connectivity index (χ0n) is 10.8. The molecule has 0 radical (unpaired) electrons. The monoisotopic (exact) mass is 242 g/mol. The second-order valence-electron chi connectivity index (χ2n) is 4.11. The summed E-state index contributed by atoms with van der Waals surface area (Å²) in [4.78, 5) is 6.19. The first-order valence-corrected chi connectivity index (χ1v) is 6.24. The van der Waals surface area contributed by atoms with Gasteiger partial charge < -0.3 is 10.0 Å². The zero-order chi connectivity index (χ0) is 13.0. The van der Waals surface area contributed by atoms with E-state index in [4.69, 9.17) is 0 Å². The quantitative estimate of drug-likeness (QED) is 0.893. The Balaban J connectivity index is 2.37. The van der Waals surface area contributed by atoms with Crippen molar-refractivity contribution in [1.82, 2.24) is 4.98 Å². The lowest BCUT2D eigenvalue weighted by molar-refractivity contribution is 0.477. The van der Waals surface area contributed by atoms with Crippen LogP contribution in [0.15, 0.2) is 42.7 Å². The summed E-state index contributed by atoms with van der Waals surface area (Å²) in [5.74, 6) is 0.311. The summed E-state index contributed by atoms with van der Waals surface area (Å²) in [5, 5.41) is 10.1. The van der Waals surface area contributed by atoms with Gasteiger partial charge in [0.1, 0.15) is 5.75 Å². The van der Waals surface area contributed by atoms with Crippen molar-refractivity contribution in [2.45, 2.75) is 13.8 Å². The third-order valence-electron chi connectivity index (χ3n) is 3.10. The van der Waals surface area contributed by atoms with Crippen LogP contribution in [-0.4, -0.2) is 23.2 Å². The second kappa shape index (κ2) is 5.54. The maximum Gasteiger partial charge on any atom is 0.125 e. The smallest absolute Gasteiger partial charge is 0.125 e. The molecule has 0 unspecified atom stereocenters. The van der Waals surface area contributed by atoms with Gasteiger partial charge in [-0.15, -0.1) is 0 Å². The number of aromatic hydroxyl groups is 1. The van der Waals surface area contributed by atoms with Gasteiger partial charge >= 0.3 is 0 Å². The van der Waals surface area contributed by atoms with Crippen LogP contribution < -0.4 is 4.90 Å². The van der Waals surface area contributed by atoms with Crippen LogP contribution in [0.1, 0.15) is 13.8 Å². The number of anilines is 1. The summed E-state index contributed by atoms with van der Waals surface area (Å²) in [7, 11) is 0. The van der Waals surface area contributed by atoms with E-state index in [1.54, 1.807) is 12.4 Å². The largest absolute Gasteiger partial charge is 0.507 e. The Bertz CT molecular complexity index is 507. The molecule has 94 valence electrons. The van der Waals surface area contributed by atoms with Crippen LogP contribution in [0.5, 0.6) is 5.75 Å². The first-order valence-electron chi connectivity index (χ1n) is 6.24. The van der Waals surface area contributed by atoms with Crippen LogP contribution in [0, 0.1) is 0 Å². The Hall–Kier alpha value is -2.03. The van der Waals surface area contributed by atoms with Crippen LogP contribution in [0.3, 0.4) is 0 Å². The molecule has 1 aromatic heterocycles. The highest BCUT2D eigenvalue weighted by Gasteiger charge is 2.08. The van der Waals surface area contributed by atoms with Crippen LogP contribution in [-0.2, 0) is 0 Å². The maximum atomic E-state index is 10.1. The fourth-order valence-electron chi connectivity index (χ4n) is 2.08. The van der Waals surface area contributed by atoms with Crippen molar-refractivity contribution in [3.8, 4) is 16.9 Å². The number of pyridine rings is 1. The molecule has 0 bridgehead atoms. The number of benzene rings is 1. The highest BCUT2D eigenvalue weighted by atomic mass is 16.3. The predicted molar refractivity (Wildman–Crippen MR) is 74.9 cm³/mol. The molecule has 0 saturated carbocycles. The molecule has 0 amide bonds. The normalized spacial score (nSPS) is 10.3. The van der Waals surface area contributed by atoms with Crippen LogP contribution in [0.4, 0.5) is 5.69 Å². The Kier molecular flexibility index (Phi) is 3.82. The number of aromatic nitrogens is 1. The summed E-state index contributed by atoms with van der Waals surface area (Å²) >= 11 is 0. The molecule has 0 fully saturated rings. The number of nitrogens with zero attached hydrogens (tertiary/aromatic N) is 2. The first kappa shape index (κ1) is 12.4. The Labute approximate surface area is 108 Å². The molecular weight excluding hydrogens is 224 g/mol. The van der Waals surface area contributed by atoms with Crippen molar-refractivity contribution in [2.75, 3.05) is 18.0 Å². The molecule has 3 nitrogen and oxygen atoms in total. The lowest BCUT2D eigenvalue weighted by atomic mass is 10.1. The van der Waals surface area contributed by atoms with E-state index in [0.29, 0.717) is 5.75 Å². The van der Waals surface area contributed by atoms with Crippen LogP contribution >= 0.6 is 0 Å². The highest BCUT2D eigenvalue weighted by molar-refractivity contribution is 5.72. The molecule has 0 aliphatic heterocycles. The van der Waals surface area contributed by atoms with Crippen molar-refractivity contribution >= 4 is 5.69 Å². The molecule has 18 heavy (non-hydrogen) atoms. The van der Waals surface area contributed by atoms with E-state index >= 15 is 0 Å². The fourth-order valence-corrected chi connectivity index (χ4v) is 2.08. The minimum absolute atomic E-state index is 0.311. The molecule has 0 atom stereocenters. The van der Waals surface area contributed by atoms with Gasteiger partial charge in [0.2, 0.25) is 0 Å². The lowest BCUT2D eigenvalue weighted by Gasteiger charge is -2.21. The van der Waals surface area contributed by atoms with Gasteiger partial charge in [-0.2, -0.15) is 0 Å². The molecule has 0 aliphatic carbocycles. The summed E-state index contributed by atoms with van der Waals surface area (Å²) in [6.45, 7) is 6.09. The topological polar surface area (TPSA) is 36.4 Å². The highest BCUT2D eigenvalue weighted by Crippen LogP contribution is 2.32. The van der Waals surface area contributed by atoms with E-state index in [2.05, 4.69) is 23.7 Å². The van der Waals surface area contributed by atoms with Gasteiger partial charge in [0.25, 0.3) is 0 Å². The van der Waals surface area contributed by atoms with Crippen LogP contribution in [0.2, 0.25) is 0 Å². The second-order valence-corrected chi connectivity index (χ2v) is 4.11. The molecule has 2 rings (SSSR count). The summed E-state index contributed by atoms with van der Waals surface area (Å²) in [6.07, 6.45) is 3.46. The van der Waals surface area contributed by atoms with Gasteiger partial charge in [-0.25, -0.2) is 0 Å². The summed E-state index contributed by atoms with van der Waals surface area (Å²) < 4.78 is 0. The number of hydrogen-bond acceptors (Lipinski definition) is 3. The summed E-state index contributed by atoms with van der Waals surface area (Å²) in [6, 6.07) is 9.61. The number of rotatable bonds is 4. The Morgan fingerprint density at radius 2 is 1.72 bits per heavy atom. The Morgan fingerprint density at radius 1 is 1.06 bits per heavy atom. The maximum absolute atomic E-state index is 10.1. The number of phenolic OH excluding ortho intramolecular Hbond substituents is 1. The number of phenols is 1. The van der Waals surface area contributed by atoms with Crippen molar-refractivity contribution in [3.63, 3.8) is 0 Å². The minimum atomic E-state index is 0.311. The molecule has 0 saturated heterocycles. The van der Waals surface area contributed by atoms with Crippen molar-refractivity contribution in [3.05, 3.63) is 42.7 Å². The van der Waals surface area contributed by atoms with E-state index in [1.807, 2.05) is 30.3 Å². The molecule has 1 aromatic carbocycles. The standard InChI is InChI=1S/C15H18N2O/c1-3-17(4-2)13-5-6-14(15(18)11-13)12-7-9-16-10-8-12/h5-11,18H,3-4H2,1-2H3. The van der Waals surface area contributed by atoms with Crippen LogP contribution in [0.25, 0.3) is 11.1 Å². The van der Waals surface area contributed by atoms with E-state index in [9.17, 15) is 5.11 Å². The van der Waals surface area contributed by atoms with Gasteiger partial charge in [-0.05, 0) is 43.7 Å². The molecule has 3 heteroatoms. The molecule has 0 aliphatic rings. The average Bonchev–Trinajstić information content (AvgIpc) is 2.41. The van der Waals surface area contributed by atoms with Gasteiger partial charge in [0, 0.05) is 42.8 Å². The fraction of sp³-hybridized carbons (Fsp3) is 0.267. The third-order valence-corrected chi connectivity index (χ3v) is 3.10. The molecule has 0 spiro atoms.